The summed E-state index contributed by atoms with van der Waals surface area (Å²) in [4.78, 5) is 29.8. The Kier molecular flexibility index (Phi) is 6.75. The topological polar surface area (TPSA) is 123 Å². The first-order valence-corrected chi connectivity index (χ1v) is 14.3. The lowest BCUT2D eigenvalue weighted by Crippen LogP contribution is -2.15. The van der Waals surface area contributed by atoms with Crippen molar-refractivity contribution < 1.29 is 18.0 Å². The first-order chi connectivity index (χ1) is 18.1. The van der Waals surface area contributed by atoms with Crippen LogP contribution in [0.4, 0.5) is 11.4 Å². The molecule has 1 atom stereocenters. The van der Waals surface area contributed by atoms with Crippen LogP contribution in [-0.4, -0.2) is 46.5 Å². The van der Waals surface area contributed by atoms with Gasteiger partial charge in [-0.1, -0.05) is 31.2 Å². The molecule has 1 saturated heterocycles. The number of benzene rings is 2. The van der Waals surface area contributed by atoms with Gasteiger partial charge in [0.05, 0.1) is 39.9 Å². The number of aryl methyl sites for hydroxylation is 2. The summed E-state index contributed by atoms with van der Waals surface area (Å²) in [7, 11) is -3.15. The zero-order chi connectivity index (χ0) is 27.0. The zero-order valence-corrected chi connectivity index (χ0v) is 22.3. The van der Waals surface area contributed by atoms with Crippen LogP contribution in [0, 0.1) is 6.92 Å². The van der Waals surface area contributed by atoms with Crippen LogP contribution in [0.2, 0.25) is 0 Å². The highest BCUT2D eigenvalue weighted by atomic mass is 32.2. The van der Waals surface area contributed by atoms with Crippen molar-refractivity contribution in [2.24, 2.45) is 0 Å². The second-order valence-electron chi connectivity index (χ2n) is 9.60. The molecule has 3 heterocycles. The summed E-state index contributed by atoms with van der Waals surface area (Å²) in [5, 5.41) is 10.9. The molecule has 0 radical (unpaired) electrons. The minimum atomic E-state index is -3.15. The number of hydrogen-bond donors (Lipinski definition) is 2. The Bertz CT molecular complexity index is 1640. The highest BCUT2D eigenvalue weighted by Crippen LogP contribution is 2.32. The second-order valence-corrected chi connectivity index (χ2v) is 11.8. The van der Waals surface area contributed by atoms with Crippen molar-refractivity contribution in [2.45, 2.75) is 39.7 Å². The molecule has 9 nitrogen and oxygen atoms in total. The Morgan fingerprint density at radius 3 is 2.26 bits per heavy atom. The number of pyridine rings is 1. The number of rotatable bonds is 6. The van der Waals surface area contributed by atoms with Crippen LogP contribution in [0.5, 0.6) is 0 Å². The molecular weight excluding hydrogens is 502 g/mol. The van der Waals surface area contributed by atoms with Crippen molar-refractivity contribution in [2.75, 3.05) is 22.1 Å². The number of carbonyl (C=O) groups excluding carboxylic acids is 2. The summed E-state index contributed by atoms with van der Waals surface area (Å²) in [6.45, 7) is 5.32. The Balaban J connectivity index is 1.59. The smallest absolute Gasteiger partial charge is 0.256 e. The van der Waals surface area contributed by atoms with Gasteiger partial charge in [-0.3, -0.25) is 9.59 Å². The minimum absolute atomic E-state index is 0.00248. The molecule has 2 aromatic heterocycles. The van der Waals surface area contributed by atoms with E-state index in [1.807, 2.05) is 24.3 Å². The van der Waals surface area contributed by atoms with E-state index in [0.29, 0.717) is 45.8 Å². The van der Waals surface area contributed by atoms with Crippen LogP contribution >= 0.6 is 0 Å². The van der Waals surface area contributed by atoms with Crippen LogP contribution < -0.4 is 10.6 Å². The standard InChI is InChI=1S/C28H29N5O4S/c1-4-19-5-7-20(8-6-19)25-15-24(28(35)30-22-11-9-21(10-12-22)29-18(3)34)26-17(2)32-33(27(26)31-25)23-13-14-38(36,37)16-23/h5-12,15,23H,4,13-14,16H2,1-3H3,(H,29,34)(H,30,35). The Morgan fingerprint density at radius 1 is 1.03 bits per heavy atom. The molecule has 1 unspecified atom stereocenters. The first kappa shape index (κ1) is 25.6. The maximum Gasteiger partial charge on any atom is 0.256 e. The normalized spacial score (nSPS) is 16.4. The van der Waals surface area contributed by atoms with Gasteiger partial charge >= 0.3 is 0 Å². The maximum atomic E-state index is 13.6. The molecule has 2 amide bonds. The van der Waals surface area contributed by atoms with E-state index in [0.717, 1.165) is 12.0 Å². The molecule has 1 fully saturated rings. The molecule has 1 aliphatic rings. The molecule has 2 aromatic carbocycles. The maximum absolute atomic E-state index is 13.6. The van der Waals surface area contributed by atoms with Gasteiger partial charge < -0.3 is 10.6 Å². The molecule has 5 rings (SSSR count). The van der Waals surface area contributed by atoms with E-state index >= 15 is 0 Å². The molecule has 0 saturated carbocycles. The number of fused-ring (bicyclic) bond motifs is 1. The largest absolute Gasteiger partial charge is 0.326 e. The van der Waals surface area contributed by atoms with Gasteiger partial charge in [0, 0.05) is 23.9 Å². The van der Waals surface area contributed by atoms with Crippen molar-refractivity contribution >= 4 is 44.1 Å². The fourth-order valence-corrected chi connectivity index (χ4v) is 6.50. The van der Waals surface area contributed by atoms with Gasteiger partial charge in [-0.05, 0) is 55.7 Å². The average Bonchev–Trinajstić information content (AvgIpc) is 3.42. The van der Waals surface area contributed by atoms with E-state index in [2.05, 4.69) is 22.7 Å². The minimum Gasteiger partial charge on any atom is -0.326 e. The lowest BCUT2D eigenvalue weighted by atomic mass is 10.0. The predicted octanol–water partition coefficient (Wildman–Crippen LogP) is 4.54. The fourth-order valence-electron chi connectivity index (χ4n) is 4.81. The van der Waals surface area contributed by atoms with Crippen LogP contribution in [0.3, 0.4) is 0 Å². The van der Waals surface area contributed by atoms with E-state index in [1.165, 1.54) is 12.5 Å². The molecular formula is C28H29N5O4S. The van der Waals surface area contributed by atoms with Gasteiger partial charge in [-0.15, -0.1) is 0 Å². The first-order valence-electron chi connectivity index (χ1n) is 12.5. The number of hydrogen-bond acceptors (Lipinski definition) is 6. The molecule has 196 valence electrons. The van der Waals surface area contributed by atoms with Gasteiger partial charge in [0.2, 0.25) is 5.91 Å². The van der Waals surface area contributed by atoms with Crippen molar-refractivity contribution in [3.05, 3.63) is 71.4 Å². The number of nitrogens with one attached hydrogen (secondary N) is 2. The third-order valence-corrected chi connectivity index (χ3v) is 8.51. The van der Waals surface area contributed by atoms with Gasteiger partial charge in [0.25, 0.3) is 5.91 Å². The molecule has 10 heteroatoms. The van der Waals surface area contributed by atoms with Crippen LogP contribution in [-0.2, 0) is 21.1 Å². The quantitative estimate of drug-likeness (QED) is 0.377. The molecule has 38 heavy (non-hydrogen) atoms. The van der Waals surface area contributed by atoms with Crippen molar-refractivity contribution in [3.63, 3.8) is 0 Å². The third-order valence-electron chi connectivity index (χ3n) is 6.76. The van der Waals surface area contributed by atoms with Gasteiger partial charge in [0.15, 0.2) is 15.5 Å². The van der Waals surface area contributed by atoms with E-state index in [9.17, 15) is 18.0 Å². The number of sulfone groups is 1. The monoisotopic (exact) mass is 531 g/mol. The molecule has 0 bridgehead atoms. The summed E-state index contributed by atoms with van der Waals surface area (Å²) >= 11 is 0. The summed E-state index contributed by atoms with van der Waals surface area (Å²) < 4.78 is 26.1. The molecule has 0 spiro atoms. The highest BCUT2D eigenvalue weighted by molar-refractivity contribution is 7.91. The highest BCUT2D eigenvalue weighted by Gasteiger charge is 2.32. The Morgan fingerprint density at radius 2 is 1.68 bits per heavy atom. The SMILES string of the molecule is CCc1ccc(-c2cc(C(=O)Nc3ccc(NC(C)=O)cc3)c3c(C)nn(C4CCS(=O)(=O)C4)c3n2)cc1. The van der Waals surface area contributed by atoms with Crippen molar-refractivity contribution in [3.8, 4) is 11.3 Å². The Hall–Kier alpha value is -4.05. The number of aromatic nitrogens is 3. The molecule has 1 aliphatic heterocycles. The third kappa shape index (κ3) is 5.17. The number of amides is 2. The fraction of sp³-hybridized carbons (Fsp3) is 0.286. The van der Waals surface area contributed by atoms with Gasteiger partial charge in [0.1, 0.15) is 0 Å². The summed E-state index contributed by atoms with van der Waals surface area (Å²) in [5.41, 5.74) is 5.34. The second kappa shape index (κ2) is 10.0. The zero-order valence-electron chi connectivity index (χ0n) is 21.5. The number of carbonyl (C=O) groups is 2. The molecule has 4 aromatic rings. The average molecular weight is 532 g/mol. The van der Waals surface area contributed by atoms with E-state index in [-0.39, 0.29) is 29.4 Å². The van der Waals surface area contributed by atoms with Crippen molar-refractivity contribution in [1.29, 1.82) is 0 Å². The van der Waals surface area contributed by atoms with Crippen LogP contribution in [0.1, 0.15) is 47.9 Å². The van der Waals surface area contributed by atoms with Crippen LogP contribution in [0.25, 0.3) is 22.3 Å². The summed E-state index contributed by atoms with van der Waals surface area (Å²) in [5.74, 6) is -0.401. The lowest BCUT2D eigenvalue weighted by molar-refractivity contribution is -0.114. The molecule has 2 N–H and O–H groups in total. The predicted molar refractivity (Wildman–Crippen MR) is 148 cm³/mol. The van der Waals surface area contributed by atoms with Crippen LogP contribution in [0.15, 0.2) is 54.6 Å². The van der Waals surface area contributed by atoms with Gasteiger partial charge in [-0.25, -0.2) is 18.1 Å². The number of anilines is 2. The lowest BCUT2D eigenvalue weighted by Gasteiger charge is -2.13. The van der Waals surface area contributed by atoms with E-state index in [4.69, 9.17) is 4.98 Å². The Labute approximate surface area is 221 Å². The molecule has 0 aliphatic carbocycles. The summed E-state index contributed by atoms with van der Waals surface area (Å²) in [6, 6.07) is 16.3. The van der Waals surface area contributed by atoms with E-state index < -0.39 is 9.84 Å². The number of nitrogens with zero attached hydrogens (tertiary/aromatic N) is 3. The van der Waals surface area contributed by atoms with Crippen molar-refractivity contribution in [1.82, 2.24) is 14.8 Å². The summed E-state index contributed by atoms with van der Waals surface area (Å²) in [6.07, 6.45) is 1.36. The van der Waals surface area contributed by atoms with E-state index in [1.54, 1.807) is 41.9 Å². The van der Waals surface area contributed by atoms with Gasteiger partial charge in [-0.2, -0.15) is 5.10 Å².